The molecule has 0 saturated carbocycles. The second-order valence-electron chi connectivity index (χ2n) is 11.0. The molecular formula is C30H29N7O7. The normalized spacial score (nSPS) is 27.1. The molecule has 1 aromatic carbocycles. The van der Waals surface area contributed by atoms with Crippen LogP contribution in [0.25, 0.3) is 5.57 Å². The van der Waals surface area contributed by atoms with Gasteiger partial charge in [-0.1, -0.05) is 18.2 Å². The first-order valence-electron chi connectivity index (χ1n) is 14.1. The predicted molar refractivity (Wildman–Crippen MR) is 156 cm³/mol. The fourth-order valence-corrected chi connectivity index (χ4v) is 6.19. The number of aliphatic imine (C=N–C) groups is 3. The van der Waals surface area contributed by atoms with Crippen LogP contribution in [-0.4, -0.2) is 76.1 Å². The van der Waals surface area contributed by atoms with Crippen LogP contribution in [0.2, 0.25) is 0 Å². The van der Waals surface area contributed by atoms with Gasteiger partial charge in [0.05, 0.1) is 25.5 Å². The summed E-state index contributed by atoms with van der Waals surface area (Å²) in [5.41, 5.74) is 1.09. The van der Waals surface area contributed by atoms with Crippen molar-refractivity contribution in [3.63, 3.8) is 0 Å². The smallest absolute Gasteiger partial charge is 0.374 e. The number of amidine groups is 1. The van der Waals surface area contributed by atoms with Crippen molar-refractivity contribution in [1.82, 2.24) is 9.55 Å². The van der Waals surface area contributed by atoms with E-state index in [9.17, 15) is 15.0 Å². The van der Waals surface area contributed by atoms with E-state index in [4.69, 9.17) is 24.4 Å². The number of nitrogens with zero attached hydrogens (tertiary/aromatic N) is 5. The third kappa shape index (κ3) is 4.33. The minimum absolute atomic E-state index is 0.00121. The first-order valence-corrected chi connectivity index (χ1v) is 14.1. The van der Waals surface area contributed by atoms with Crippen LogP contribution in [0, 0.1) is 5.41 Å². The van der Waals surface area contributed by atoms with Gasteiger partial charge in [-0.25, -0.2) is 19.7 Å². The molecule has 1 aliphatic carbocycles. The number of esters is 1. The topological polar surface area (TPSA) is 180 Å². The second kappa shape index (κ2) is 10.3. The zero-order valence-electron chi connectivity index (χ0n) is 24.2. The van der Waals surface area contributed by atoms with Crippen LogP contribution in [0.5, 0.6) is 17.2 Å². The average molecular weight is 600 g/mol. The van der Waals surface area contributed by atoms with Gasteiger partial charge < -0.3 is 29.2 Å². The highest BCUT2D eigenvalue weighted by Crippen LogP contribution is 2.55. The second-order valence-corrected chi connectivity index (χ2v) is 11.0. The summed E-state index contributed by atoms with van der Waals surface area (Å²) < 4.78 is 25.4. The largest absolute Gasteiger partial charge is 0.857 e. The number of ether oxygens (including phenoxy) is 4. The van der Waals surface area contributed by atoms with Crippen LogP contribution in [0.3, 0.4) is 0 Å². The van der Waals surface area contributed by atoms with Gasteiger partial charge in [0.1, 0.15) is 29.0 Å². The Bertz CT molecular complexity index is 1800. The number of quaternary nitrogens is 1. The Morgan fingerprint density at radius 3 is 3.00 bits per heavy atom. The van der Waals surface area contributed by atoms with Gasteiger partial charge in [0, 0.05) is 36.2 Å². The molecule has 4 atom stereocenters. The number of benzene rings is 1. The molecule has 2 aromatic rings. The highest BCUT2D eigenvalue weighted by molar-refractivity contribution is 6.66. The molecule has 0 amide bonds. The molecular weight excluding hydrogens is 570 g/mol. The van der Waals surface area contributed by atoms with Gasteiger partial charge in [-0.3, -0.25) is 9.98 Å². The number of carbonyl (C=O) groups is 1. The van der Waals surface area contributed by atoms with E-state index in [0.29, 0.717) is 58.0 Å². The molecule has 7 rings (SSSR count). The van der Waals surface area contributed by atoms with E-state index in [1.54, 1.807) is 45.5 Å². The molecule has 14 heteroatoms. The van der Waals surface area contributed by atoms with Crippen molar-refractivity contribution in [1.29, 1.82) is 5.41 Å². The van der Waals surface area contributed by atoms with Crippen LogP contribution < -0.4 is 24.2 Å². The number of aliphatic hydroxyl groups is 1. The monoisotopic (exact) mass is 599 g/mol. The van der Waals surface area contributed by atoms with Crippen molar-refractivity contribution in [2.75, 3.05) is 20.4 Å². The predicted octanol–water partition coefficient (Wildman–Crippen LogP) is 0.404. The summed E-state index contributed by atoms with van der Waals surface area (Å²) in [6.45, 7) is 4.12. The lowest BCUT2D eigenvalue weighted by molar-refractivity contribution is -0.730. The van der Waals surface area contributed by atoms with Crippen molar-refractivity contribution in [2.24, 2.45) is 15.0 Å². The number of hydrogen-bond acceptors (Lipinski definition) is 10. The van der Waals surface area contributed by atoms with Crippen molar-refractivity contribution in [3.8, 4) is 17.2 Å². The molecule has 1 aromatic heterocycles. The highest BCUT2D eigenvalue weighted by Gasteiger charge is 2.49. The number of nitrogens with one attached hydrogen (secondary N) is 2. The Morgan fingerprint density at radius 1 is 1.36 bits per heavy atom. The number of imidazole rings is 1. The van der Waals surface area contributed by atoms with E-state index in [1.165, 1.54) is 0 Å². The lowest BCUT2D eigenvalue weighted by atomic mass is 9.78. The summed E-state index contributed by atoms with van der Waals surface area (Å²) in [5.74, 6) is 0.392. The standard InChI is InChI=1S/C30H29N7O7/c1-4-42-27(39)19-12-15(7-10-36-11-9-32-29(36)37-14-33-22-25(37)34-28(31)35-26(22)38)20-17(43-19)13-18-21(23(20)41-3)16-6-5-8-30(2,40)24(16)44-18/h5-7,9,11-13,16,24,40H,4,8,10,14H2,1-3H3,(H2,31,35,38)/t16-,24+,30-/m1/s1. The number of methoxy groups -OCH3 is 1. The van der Waals surface area contributed by atoms with Crippen LogP contribution >= 0.6 is 0 Å². The third-order valence-electron chi connectivity index (χ3n) is 8.15. The van der Waals surface area contributed by atoms with E-state index in [-0.39, 0.29) is 36.6 Å². The molecule has 1 unspecified atom stereocenters. The van der Waals surface area contributed by atoms with E-state index < -0.39 is 23.6 Å². The number of rotatable bonds is 6. The number of carbonyl (C=O) groups excluding carboxylic acids is 1. The number of hydrogen-bond donors (Lipinski definition) is 3. The minimum Gasteiger partial charge on any atom is -0.857 e. The van der Waals surface area contributed by atoms with Crippen molar-refractivity contribution in [3.05, 3.63) is 59.7 Å². The fraction of sp³-hybridized carbons (Fsp3) is 0.333. The summed E-state index contributed by atoms with van der Waals surface area (Å²) in [6, 6.07) is 1.73. The van der Waals surface area contributed by atoms with Gasteiger partial charge in [0.2, 0.25) is 11.7 Å². The van der Waals surface area contributed by atoms with Gasteiger partial charge in [0.15, 0.2) is 12.4 Å². The Hall–Kier alpha value is -5.08. The highest BCUT2D eigenvalue weighted by atomic mass is 16.6. The molecule has 0 fully saturated rings. The molecule has 14 nitrogen and oxygen atoms in total. The number of aromatic nitrogens is 2. The first-order chi connectivity index (χ1) is 21.2. The lowest BCUT2D eigenvalue weighted by Gasteiger charge is -2.34. The van der Waals surface area contributed by atoms with Crippen LogP contribution in [0.15, 0.2) is 63.5 Å². The van der Waals surface area contributed by atoms with E-state index >= 15 is 0 Å². The van der Waals surface area contributed by atoms with Crippen molar-refractivity contribution in [2.45, 2.75) is 44.4 Å². The number of fused-ring (bicyclic) bond motifs is 5. The lowest BCUT2D eigenvalue weighted by Crippen LogP contribution is -3.10. The molecule has 5 heterocycles. The average Bonchev–Trinajstić information content (AvgIpc) is 3.72. The van der Waals surface area contributed by atoms with Crippen LogP contribution in [0.4, 0.5) is 5.95 Å². The van der Waals surface area contributed by atoms with Crippen molar-refractivity contribution < 1.29 is 38.9 Å². The Labute approximate surface area is 251 Å². The van der Waals surface area contributed by atoms with Gasteiger partial charge >= 0.3 is 11.9 Å². The van der Waals surface area contributed by atoms with Crippen LogP contribution in [-0.2, 0) is 16.1 Å². The SMILES string of the molecule is CCOC(=O)C1=CC(=CCn2ccnc2[NH+]2CN=C3C([O-])=NC(=N)N=C32)c2c(cc3c(c2OC)[C@H]2C=CC[C@@](C)(O)[C@H]2O3)O1. The van der Waals surface area contributed by atoms with Crippen LogP contribution in [0.1, 0.15) is 37.3 Å². The van der Waals surface area contributed by atoms with Gasteiger partial charge in [0.25, 0.3) is 5.84 Å². The molecule has 3 N–H and O–H groups in total. The molecule has 4 aliphatic heterocycles. The maximum atomic E-state index is 12.8. The van der Waals surface area contributed by atoms with E-state index in [2.05, 4.69) is 20.0 Å². The minimum atomic E-state index is -1.09. The molecule has 0 saturated heterocycles. The quantitative estimate of drug-likeness (QED) is 0.315. The van der Waals surface area contributed by atoms with Gasteiger partial charge in [-0.2, -0.15) is 9.98 Å². The van der Waals surface area contributed by atoms with Gasteiger partial charge in [-0.05, 0) is 31.9 Å². The molecule has 226 valence electrons. The summed E-state index contributed by atoms with van der Waals surface area (Å²) >= 11 is 0. The Kier molecular flexibility index (Phi) is 6.48. The first kappa shape index (κ1) is 27.7. The summed E-state index contributed by atoms with van der Waals surface area (Å²) in [7, 11) is 1.56. The molecule has 44 heavy (non-hydrogen) atoms. The van der Waals surface area contributed by atoms with E-state index in [1.807, 2.05) is 22.8 Å². The number of guanidine groups is 1. The molecule has 0 bridgehead atoms. The van der Waals surface area contributed by atoms with Gasteiger partial charge in [-0.15, -0.1) is 0 Å². The summed E-state index contributed by atoms with van der Waals surface area (Å²) in [4.78, 5) is 30.0. The third-order valence-corrected chi connectivity index (χ3v) is 8.15. The van der Waals surface area contributed by atoms with E-state index in [0.717, 1.165) is 5.56 Å². The molecule has 5 aliphatic rings. The molecule has 0 radical (unpaired) electrons. The summed E-state index contributed by atoms with van der Waals surface area (Å²) in [5, 5.41) is 31.2. The zero-order valence-corrected chi connectivity index (χ0v) is 24.2. The maximum absolute atomic E-state index is 12.8. The Morgan fingerprint density at radius 2 is 2.20 bits per heavy atom. The summed E-state index contributed by atoms with van der Waals surface area (Å²) in [6.07, 6.45) is 10.8. The fourth-order valence-electron chi connectivity index (χ4n) is 6.19. The maximum Gasteiger partial charge on any atom is 0.374 e. The van der Waals surface area contributed by atoms with Crippen molar-refractivity contribution >= 4 is 40.9 Å². The Balaban J connectivity index is 1.29. The molecule has 0 spiro atoms. The zero-order chi connectivity index (χ0) is 30.7. The number of allylic oxidation sites excluding steroid dienone is 3.